The van der Waals surface area contributed by atoms with Gasteiger partial charge in [0.25, 0.3) is 5.91 Å². The Bertz CT molecular complexity index is 1080. The lowest BCUT2D eigenvalue weighted by atomic mass is 10.2. The number of rotatable bonds is 4. The molecular formula is C21H16FN3OS2. The Labute approximate surface area is 170 Å². The minimum atomic E-state index is -0.331. The number of aliphatic imine (C=N–C) groups is 1. The molecule has 0 spiro atoms. The van der Waals surface area contributed by atoms with Crippen molar-refractivity contribution in [2.75, 3.05) is 6.54 Å². The number of thiazole rings is 1. The van der Waals surface area contributed by atoms with Crippen LogP contribution in [0.2, 0.25) is 0 Å². The number of nitrogens with zero attached hydrogens (tertiary/aromatic N) is 3. The number of halogens is 1. The van der Waals surface area contributed by atoms with Gasteiger partial charge in [-0.1, -0.05) is 42.5 Å². The van der Waals surface area contributed by atoms with Crippen molar-refractivity contribution in [1.29, 1.82) is 0 Å². The van der Waals surface area contributed by atoms with E-state index in [9.17, 15) is 9.18 Å². The summed E-state index contributed by atoms with van der Waals surface area (Å²) in [5.41, 5.74) is 2.53. The maximum absolute atomic E-state index is 13.4. The van der Waals surface area contributed by atoms with Gasteiger partial charge in [0.1, 0.15) is 5.82 Å². The van der Waals surface area contributed by atoms with Crippen molar-refractivity contribution < 1.29 is 9.18 Å². The van der Waals surface area contributed by atoms with Crippen LogP contribution in [0.1, 0.15) is 12.5 Å². The van der Waals surface area contributed by atoms with Crippen molar-refractivity contribution in [3.63, 3.8) is 0 Å². The molecule has 1 fully saturated rings. The Kier molecular flexibility index (Phi) is 5.36. The van der Waals surface area contributed by atoms with Gasteiger partial charge < -0.3 is 0 Å². The monoisotopic (exact) mass is 409 g/mol. The van der Waals surface area contributed by atoms with E-state index >= 15 is 0 Å². The molecule has 0 saturated carbocycles. The summed E-state index contributed by atoms with van der Waals surface area (Å²) in [6.07, 6.45) is 1.69. The first-order chi connectivity index (χ1) is 13.6. The number of thioether (sulfide) groups is 1. The molecule has 2 heterocycles. The zero-order valence-electron chi connectivity index (χ0n) is 15.0. The summed E-state index contributed by atoms with van der Waals surface area (Å²) in [6, 6.07) is 16.1. The second-order valence-electron chi connectivity index (χ2n) is 5.99. The van der Waals surface area contributed by atoms with E-state index in [1.54, 1.807) is 23.1 Å². The van der Waals surface area contributed by atoms with Gasteiger partial charge >= 0.3 is 0 Å². The van der Waals surface area contributed by atoms with Crippen LogP contribution in [0.15, 0.2) is 69.9 Å². The van der Waals surface area contributed by atoms with Crippen LogP contribution in [0, 0.1) is 5.82 Å². The quantitative estimate of drug-likeness (QED) is 0.529. The summed E-state index contributed by atoms with van der Waals surface area (Å²) >= 11 is 2.72. The van der Waals surface area contributed by atoms with Gasteiger partial charge in [0.15, 0.2) is 5.17 Å². The lowest BCUT2D eigenvalue weighted by Crippen LogP contribution is -2.28. The molecule has 4 rings (SSSR count). The molecule has 4 nitrogen and oxygen atoms in total. The number of carbonyl (C=O) groups is 1. The molecule has 0 radical (unpaired) electrons. The molecule has 3 aromatic rings. The molecule has 140 valence electrons. The Hall–Kier alpha value is -2.77. The molecule has 2 aromatic carbocycles. The lowest BCUT2D eigenvalue weighted by Gasteiger charge is -2.11. The minimum Gasteiger partial charge on any atom is -0.287 e. The predicted molar refractivity (Wildman–Crippen MR) is 114 cm³/mol. The highest BCUT2D eigenvalue weighted by atomic mass is 32.2. The fourth-order valence-corrected chi connectivity index (χ4v) is 4.55. The van der Waals surface area contributed by atoms with Crippen LogP contribution in [0.5, 0.6) is 0 Å². The number of carbonyl (C=O) groups excluding carboxylic acids is 1. The Balaban J connectivity index is 1.62. The Morgan fingerprint density at radius 2 is 2.00 bits per heavy atom. The van der Waals surface area contributed by atoms with Crippen LogP contribution < -0.4 is 0 Å². The number of amidine groups is 1. The Morgan fingerprint density at radius 3 is 2.75 bits per heavy atom. The number of hydrogen-bond acceptors (Lipinski definition) is 5. The molecule has 0 aliphatic carbocycles. The second kappa shape index (κ2) is 8.08. The van der Waals surface area contributed by atoms with Crippen molar-refractivity contribution >= 4 is 45.4 Å². The zero-order chi connectivity index (χ0) is 19.5. The molecule has 0 N–H and O–H groups in total. The molecule has 1 saturated heterocycles. The number of likely N-dealkylation sites (N-methyl/N-ethyl adjacent to an activating group) is 1. The summed E-state index contributed by atoms with van der Waals surface area (Å²) in [5.74, 6) is -0.461. The minimum absolute atomic E-state index is 0.129. The first-order valence-corrected chi connectivity index (χ1v) is 10.4. The number of aromatic nitrogens is 1. The second-order valence-corrected chi connectivity index (χ2v) is 7.84. The fourth-order valence-electron chi connectivity index (χ4n) is 2.76. The highest BCUT2D eigenvalue weighted by molar-refractivity contribution is 8.18. The number of benzene rings is 2. The summed E-state index contributed by atoms with van der Waals surface area (Å²) < 4.78 is 13.4. The van der Waals surface area contributed by atoms with Crippen LogP contribution in [0.3, 0.4) is 0 Å². The molecule has 0 unspecified atom stereocenters. The molecule has 7 heteroatoms. The summed E-state index contributed by atoms with van der Waals surface area (Å²) in [7, 11) is 0. The molecule has 1 aliphatic heterocycles. The van der Waals surface area contributed by atoms with E-state index in [2.05, 4.69) is 9.98 Å². The lowest BCUT2D eigenvalue weighted by molar-refractivity contribution is -0.122. The van der Waals surface area contributed by atoms with Crippen LogP contribution in [-0.2, 0) is 4.79 Å². The third-order valence-electron chi connectivity index (χ3n) is 4.10. The average molecular weight is 410 g/mol. The van der Waals surface area contributed by atoms with Crippen molar-refractivity contribution in [3.8, 4) is 11.3 Å². The van der Waals surface area contributed by atoms with Gasteiger partial charge in [-0.25, -0.2) is 9.37 Å². The summed E-state index contributed by atoms with van der Waals surface area (Å²) in [5, 5.41) is 3.14. The highest BCUT2D eigenvalue weighted by Gasteiger charge is 2.32. The fraction of sp³-hybridized carbons (Fsp3) is 0.0952. The van der Waals surface area contributed by atoms with Crippen molar-refractivity contribution in [2.24, 2.45) is 4.99 Å². The van der Waals surface area contributed by atoms with Gasteiger partial charge in [0.05, 0.1) is 10.6 Å². The van der Waals surface area contributed by atoms with Crippen molar-refractivity contribution in [3.05, 3.63) is 76.3 Å². The van der Waals surface area contributed by atoms with Crippen molar-refractivity contribution in [1.82, 2.24) is 9.88 Å². The summed E-state index contributed by atoms with van der Waals surface area (Å²) in [6.45, 7) is 2.40. The molecular weight excluding hydrogens is 393 g/mol. The average Bonchev–Trinajstić information content (AvgIpc) is 3.28. The van der Waals surface area contributed by atoms with Crippen LogP contribution in [0.4, 0.5) is 9.52 Å². The third kappa shape index (κ3) is 3.90. The first kappa shape index (κ1) is 18.6. The maximum Gasteiger partial charge on any atom is 0.266 e. The van der Waals surface area contributed by atoms with E-state index in [4.69, 9.17) is 0 Å². The van der Waals surface area contributed by atoms with Crippen LogP contribution >= 0.6 is 23.1 Å². The predicted octanol–water partition coefficient (Wildman–Crippen LogP) is 5.57. The smallest absolute Gasteiger partial charge is 0.266 e. The molecule has 0 bridgehead atoms. The van der Waals surface area contributed by atoms with E-state index in [1.807, 2.05) is 42.6 Å². The van der Waals surface area contributed by atoms with Gasteiger partial charge in [-0.3, -0.25) is 9.69 Å². The first-order valence-electron chi connectivity index (χ1n) is 8.70. The Morgan fingerprint density at radius 1 is 1.18 bits per heavy atom. The van der Waals surface area contributed by atoms with E-state index in [-0.39, 0.29) is 11.7 Å². The summed E-state index contributed by atoms with van der Waals surface area (Å²) in [4.78, 5) is 24.0. The molecule has 1 amide bonds. The van der Waals surface area contributed by atoms with Gasteiger partial charge in [-0.15, -0.1) is 11.3 Å². The molecule has 1 aromatic heterocycles. The number of hydrogen-bond donors (Lipinski definition) is 0. The zero-order valence-corrected chi connectivity index (χ0v) is 16.6. The molecule has 1 aliphatic rings. The van der Waals surface area contributed by atoms with E-state index in [1.165, 1.54) is 35.2 Å². The normalized spacial score (nSPS) is 17.1. The number of amides is 1. The molecule has 0 atom stereocenters. The van der Waals surface area contributed by atoms with E-state index in [0.717, 1.165) is 11.3 Å². The SMILES string of the molecule is CCN1C(=O)/C(=C/c2cccc(F)c2)S/C1=N/c1nc(-c2ccccc2)cs1. The van der Waals surface area contributed by atoms with E-state index < -0.39 is 0 Å². The highest BCUT2D eigenvalue weighted by Crippen LogP contribution is 2.35. The van der Waals surface area contributed by atoms with Gasteiger partial charge in [-0.2, -0.15) is 4.99 Å². The maximum atomic E-state index is 13.4. The third-order valence-corrected chi connectivity index (χ3v) is 5.84. The van der Waals surface area contributed by atoms with Gasteiger partial charge in [0.2, 0.25) is 5.13 Å². The van der Waals surface area contributed by atoms with E-state index in [0.29, 0.717) is 27.3 Å². The van der Waals surface area contributed by atoms with Crippen LogP contribution in [0.25, 0.3) is 17.3 Å². The topological polar surface area (TPSA) is 45.6 Å². The van der Waals surface area contributed by atoms with Crippen molar-refractivity contribution in [2.45, 2.75) is 6.92 Å². The van der Waals surface area contributed by atoms with Gasteiger partial charge in [0, 0.05) is 17.5 Å². The molecule has 28 heavy (non-hydrogen) atoms. The standard InChI is InChI=1S/C21H16FN3OS2/c1-2-25-19(26)18(12-14-7-6-10-16(22)11-14)28-21(25)24-20-23-17(13-27-20)15-8-4-3-5-9-15/h3-13H,2H2,1H3/b18-12-,24-21+. The van der Waals surface area contributed by atoms with Crippen LogP contribution in [-0.4, -0.2) is 27.5 Å². The van der Waals surface area contributed by atoms with Gasteiger partial charge in [-0.05, 0) is 42.5 Å². The largest absolute Gasteiger partial charge is 0.287 e.